The Kier molecular flexibility index (Phi) is 4.22. The molecular weight excluding hydrogens is 268 g/mol. The highest BCUT2D eigenvalue weighted by molar-refractivity contribution is 5.80. The zero-order chi connectivity index (χ0) is 15.8. The lowest BCUT2D eigenvalue weighted by molar-refractivity contribution is -0.150. The molecule has 1 aliphatic heterocycles. The summed E-state index contributed by atoms with van der Waals surface area (Å²) in [7, 11) is 0. The van der Waals surface area contributed by atoms with Crippen LogP contribution >= 0.6 is 0 Å². The van der Waals surface area contributed by atoms with Crippen molar-refractivity contribution in [2.24, 2.45) is 16.7 Å². The molecule has 2 N–H and O–H groups in total. The molecule has 1 aliphatic carbocycles. The fraction of sp³-hybridized carbons (Fsp3) is 0.875. The molecule has 0 spiro atoms. The van der Waals surface area contributed by atoms with Gasteiger partial charge in [0.05, 0.1) is 5.41 Å². The van der Waals surface area contributed by atoms with Crippen LogP contribution in [0.5, 0.6) is 0 Å². The number of likely N-dealkylation sites (tertiary alicyclic amines) is 1. The molecule has 2 fully saturated rings. The molecule has 1 saturated carbocycles. The molecule has 21 heavy (non-hydrogen) atoms. The van der Waals surface area contributed by atoms with Crippen LogP contribution in [0.1, 0.15) is 53.4 Å². The van der Waals surface area contributed by atoms with E-state index in [4.69, 9.17) is 0 Å². The SMILES string of the molecule is CC(C)C1(C(=O)O)CCN(C(=O)NC2CCCC2(C)C)C1. The van der Waals surface area contributed by atoms with Crippen molar-refractivity contribution >= 4 is 12.0 Å². The summed E-state index contributed by atoms with van der Waals surface area (Å²) in [6.07, 6.45) is 3.83. The maximum Gasteiger partial charge on any atom is 0.317 e. The van der Waals surface area contributed by atoms with E-state index in [1.165, 1.54) is 0 Å². The zero-order valence-corrected chi connectivity index (χ0v) is 13.6. The summed E-state index contributed by atoms with van der Waals surface area (Å²) in [5.41, 5.74) is -0.653. The number of hydrogen-bond acceptors (Lipinski definition) is 2. The standard InChI is InChI=1S/C16H28N2O3/c1-11(2)16(13(19)20)8-9-18(10-16)14(21)17-12-6-5-7-15(12,3)4/h11-12H,5-10H2,1-4H3,(H,17,21)(H,19,20). The lowest BCUT2D eigenvalue weighted by atomic mass is 9.76. The predicted molar refractivity (Wildman–Crippen MR) is 81.0 cm³/mol. The van der Waals surface area contributed by atoms with E-state index in [2.05, 4.69) is 19.2 Å². The number of rotatable bonds is 3. The van der Waals surface area contributed by atoms with E-state index in [1.54, 1.807) is 4.90 Å². The molecule has 2 aliphatic rings. The Morgan fingerprint density at radius 1 is 1.29 bits per heavy atom. The van der Waals surface area contributed by atoms with Crippen LogP contribution in [0.15, 0.2) is 0 Å². The third-order valence-corrected chi connectivity index (χ3v) is 5.67. The molecule has 0 radical (unpaired) electrons. The van der Waals surface area contributed by atoms with Gasteiger partial charge in [0, 0.05) is 19.1 Å². The summed E-state index contributed by atoms with van der Waals surface area (Å²) in [5.74, 6) is -0.760. The number of amides is 2. The van der Waals surface area contributed by atoms with Gasteiger partial charge in [-0.15, -0.1) is 0 Å². The highest BCUT2D eigenvalue weighted by Gasteiger charge is 2.49. The first-order valence-corrected chi connectivity index (χ1v) is 7.98. The number of carbonyl (C=O) groups is 2. The number of carboxylic acids is 1. The molecule has 0 aromatic carbocycles. The molecule has 1 heterocycles. The summed E-state index contributed by atoms with van der Waals surface area (Å²) in [6, 6.07) is 0.0997. The Balaban J connectivity index is 2.01. The van der Waals surface area contributed by atoms with Gasteiger partial charge in [-0.05, 0) is 30.6 Å². The van der Waals surface area contributed by atoms with Crippen LogP contribution in [0, 0.1) is 16.7 Å². The van der Waals surface area contributed by atoms with E-state index < -0.39 is 11.4 Å². The molecular formula is C16H28N2O3. The summed E-state index contributed by atoms with van der Waals surface area (Å²) >= 11 is 0. The summed E-state index contributed by atoms with van der Waals surface area (Å²) in [4.78, 5) is 25.7. The summed E-state index contributed by atoms with van der Waals surface area (Å²) in [6.45, 7) is 9.07. The van der Waals surface area contributed by atoms with Crippen LogP contribution < -0.4 is 5.32 Å². The van der Waals surface area contributed by atoms with E-state index in [0.717, 1.165) is 19.3 Å². The third kappa shape index (κ3) is 2.87. The zero-order valence-electron chi connectivity index (χ0n) is 13.6. The topological polar surface area (TPSA) is 69.6 Å². The van der Waals surface area contributed by atoms with E-state index in [1.807, 2.05) is 13.8 Å². The molecule has 0 aromatic rings. The number of nitrogens with zero attached hydrogens (tertiary/aromatic N) is 1. The second-order valence-electron chi connectivity index (χ2n) is 7.67. The largest absolute Gasteiger partial charge is 0.481 e. The van der Waals surface area contributed by atoms with Gasteiger partial charge >= 0.3 is 12.0 Å². The number of hydrogen-bond donors (Lipinski definition) is 2. The molecule has 2 rings (SSSR count). The van der Waals surface area contributed by atoms with E-state index in [0.29, 0.717) is 19.5 Å². The van der Waals surface area contributed by atoms with Crippen molar-refractivity contribution in [1.29, 1.82) is 0 Å². The third-order valence-electron chi connectivity index (χ3n) is 5.67. The van der Waals surface area contributed by atoms with E-state index in [-0.39, 0.29) is 23.4 Å². The van der Waals surface area contributed by atoms with Crippen LogP contribution in [0.2, 0.25) is 0 Å². The van der Waals surface area contributed by atoms with Crippen molar-refractivity contribution < 1.29 is 14.7 Å². The highest BCUT2D eigenvalue weighted by atomic mass is 16.4. The number of carbonyl (C=O) groups excluding carboxylic acids is 1. The Bertz CT molecular complexity index is 433. The Morgan fingerprint density at radius 2 is 1.95 bits per heavy atom. The van der Waals surface area contributed by atoms with Gasteiger partial charge in [0.2, 0.25) is 0 Å². The Morgan fingerprint density at radius 3 is 2.38 bits per heavy atom. The molecule has 2 atom stereocenters. The molecule has 120 valence electrons. The average Bonchev–Trinajstić information content (AvgIpc) is 2.95. The van der Waals surface area contributed by atoms with Crippen molar-refractivity contribution in [1.82, 2.24) is 10.2 Å². The van der Waals surface area contributed by atoms with Crippen molar-refractivity contribution in [2.75, 3.05) is 13.1 Å². The average molecular weight is 296 g/mol. The summed E-state index contributed by atoms with van der Waals surface area (Å²) in [5, 5.41) is 12.7. The minimum atomic E-state index is -0.789. The first-order valence-electron chi connectivity index (χ1n) is 7.98. The van der Waals surface area contributed by atoms with Crippen LogP contribution in [0.25, 0.3) is 0 Å². The van der Waals surface area contributed by atoms with E-state index >= 15 is 0 Å². The van der Waals surface area contributed by atoms with Gasteiger partial charge in [-0.1, -0.05) is 34.1 Å². The maximum absolute atomic E-state index is 12.4. The van der Waals surface area contributed by atoms with Crippen molar-refractivity contribution in [3.63, 3.8) is 0 Å². The van der Waals surface area contributed by atoms with E-state index in [9.17, 15) is 14.7 Å². The second kappa shape index (κ2) is 5.50. The number of nitrogens with one attached hydrogen (secondary N) is 1. The fourth-order valence-electron chi connectivity index (χ4n) is 3.73. The predicted octanol–water partition coefficient (Wildman–Crippen LogP) is 2.71. The van der Waals surface area contributed by atoms with Gasteiger partial charge < -0.3 is 15.3 Å². The monoisotopic (exact) mass is 296 g/mol. The Hall–Kier alpha value is -1.26. The number of aliphatic carboxylic acids is 1. The van der Waals surface area contributed by atoms with Gasteiger partial charge in [-0.25, -0.2) is 4.79 Å². The lowest BCUT2D eigenvalue weighted by Gasteiger charge is -2.31. The van der Waals surface area contributed by atoms with Crippen LogP contribution in [-0.2, 0) is 4.79 Å². The van der Waals surface area contributed by atoms with Crippen molar-refractivity contribution in [2.45, 2.75) is 59.4 Å². The number of carboxylic acid groups (broad SMARTS) is 1. The molecule has 0 bridgehead atoms. The number of urea groups is 1. The molecule has 1 saturated heterocycles. The minimum Gasteiger partial charge on any atom is -0.481 e. The van der Waals surface area contributed by atoms with Gasteiger partial charge in [0.15, 0.2) is 0 Å². The quantitative estimate of drug-likeness (QED) is 0.841. The lowest BCUT2D eigenvalue weighted by Crippen LogP contribution is -2.49. The first-order chi connectivity index (χ1) is 9.69. The van der Waals surface area contributed by atoms with Crippen molar-refractivity contribution in [3.8, 4) is 0 Å². The van der Waals surface area contributed by atoms with Gasteiger partial charge in [-0.2, -0.15) is 0 Å². The fourth-order valence-corrected chi connectivity index (χ4v) is 3.73. The Labute approximate surface area is 127 Å². The minimum absolute atomic E-state index is 0.0238. The first kappa shape index (κ1) is 16.1. The highest BCUT2D eigenvalue weighted by Crippen LogP contribution is 2.39. The van der Waals surface area contributed by atoms with Crippen molar-refractivity contribution in [3.05, 3.63) is 0 Å². The maximum atomic E-state index is 12.4. The molecule has 2 unspecified atom stereocenters. The molecule has 0 aromatic heterocycles. The summed E-state index contributed by atoms with van der Waals surface area (Å²) < 4.78 is 0. The normalized spacial score (nSPS) is 31.7. The molecule has 5 heteroatoms. The molecule has 5 nitrogen and oxygen atoms in total. The second-order valence-corrected chi connectivity index (χ2v) is 7.67. The smallest absolute Gasteiger partial charge is 0.317 e. The van der Waals surface area contributed by atoms with Crippen LogP contribution in [-0.4, -0.2) is 41.1 Å². The molecule has 2 amide bonds. The van der Waals surface area contributed by atoms with Crippen LogP contribution in [0.3, 0.4) is 0 Å². The van der Waals surface area contributed by atoms with Gasteiger partial charge in [-0.3, -0.25) is 4.79 Å². The van der Waals surface area contributed by atoms with Gasteiger partial charge in [0.1, 0.15) is 0 Å². The van der Waals surface area contributed by atoms with Gasteiger partial charge in [0.25, 0.3) is 0 Å². The van der Waals surface area contributed by atoms with Crippen LogP contribution in [0.4, 0.5) is 4.79 Å².